The van der Waals surface area contributed by atoms with Crippen molar-refractivity contribution in [2.75, 3.05) is 6.61 Å². The number of rotatable bonds is 2. The van der Waals surface area contributed by atoms with Crippen molar-refractivity contribution in [3.8, 4) is 5.75 Å². The van der Waals surface area contributed by atoms with Crippen molar-refractivity contribution in [1.29, 1.82) is 0 Å². The third-order valence-electron chi connectivity index (χ3n) is 6.35. The van der Waals surface area contributed by atoms with Crippen molar-refractivity contribution in [2.45, 2.75) is 51.2 Å². The van der Waals surface area contributed by atoms with Gasteiger partial charge in [-0.25, -0.2) is 0 Å². The maximum absolute atomic E-state index is 13.2. The molecule has 134 valence electrons. The molecule has 1 heterocycles. The van der Waals surface area contributed by atoms with Crippen LogP contribution >= 0.6 is 0 Å². The molecule has 1 aliphatic heterocycles. The Morgan fingerprint density at radius 3 is 2.88 bits per heavy atom. The fourth-order valence-electron chi connectivity index (χ4n) is 5.33. The van der Waals surface area contributed by atoms with Gasteiger partial charge in [0.15, 0.2) is 0 Å². The first-order valence-electron chi connectivity index (χ1n) is 9.24. The van der Waals surface area contributed by atoms with Gasteiger partial charge < -0.3 is 14.6 Å². The van der Waals surface area contributed by atoms with Crippen molar-refractivity contribution in [3.63, 3.8) is 0 Å². The Morgan fingerprint density at radius 2 is 2.08 bits per heavy atom. The zero-order chi connectivity index (χ0) is 17.6. The minimum absolute atomic E-state index is 0.182. The SMILES string of the molecule is CCOC(=O)C12C(O)Oc3ccccc3C1CC(=O)C1CCCCC12. The van der Waals surface area contributed by atoms with Gasteiger partial charge in [-0.2, -0.15) is 0 Å². The number of Topliss-reactive ketones (excluding diaryl/α,β-unsaturated/α-hetero) is 1. The molecular weight excluding hydrogens is 320 g/mol. The molecule has 2 aliphatic carbocycles. The number of aliphatic hydroxyl groups excluding tert-OH is 1. The van der Waals surface area contributed by atoms with Crippen LogP contribution in [0.4, 0.5) is 0 Å². The molecule has 25 heavy (non-hydrogen) atoms. The lowest BCUT2D eigenvalue weighted by atomic mass is 9.50. The molecule has 4 rings (SSSR count). The molecule has 0 amide bonds. The fourth-order valence-corrected chi connectivity index (χ4v) is 5.33. The molecular formula is C20H24O5. The maximum Gasteiger partial charge on any atom is 0.319 e. The second-order valence-corrected chi connectivity index (χ2v) is 7.38. The summed E-state index contributed by atoms with van der Waals surface area (Å²) in [5.74, 6) is -0.460. The fraction of sp³-hybridized carbons (Fsp3) is 0.600. The van der Waals surface area contributed by atoms with Crippen LogP contribution in [0.2, 0.25) is 0 Å². The summed E-state index contributed by atoms with van der Waals surface area (Å²) in [6, 6.07) is 7.39. The van der Waals surface area contributed by atoms with Crippen molar-refractivity contribution < 1.29 is 24.2 Å². The van der Waals surface area contributed by atoms with E-state index in [1.807, 2.05) is 18.2 Å². The normalized spacial score (nSPS) is 36.5. The van der Waals surface area contributed by atoms with Gasteiger partial charge in [0.2, 0.25) is 6.29 Å². The highest BCUT2D eigenvalue weighted by Gasteiger charge is 2.67. The molecule has 1 aromatic carbocycles. The van der Waals surface area contributed by atoms with Gasteiger partial charge in [0, 0.05) is 18.3 Å². The van der Waals surface area contributed by atoms with E-state index in [1.54, 1.807) is 13.0 Å². The highest BCUT2D eigenvalue weighted by Crippen LogP contribution is 2.61. The number of aliphatic hydroxyl groups is 1. The van der Waals surface area contributed by atoms with Gasteiger partial charge in [0.05, 0.1) is 6.61 Å². The number of carbonyl (C=O) groups excluding carboxylic acids is 2. The quantitative estimate of drug-likeness (QED) is 0.835. The van der Waals surface area contributed by atoms with E-state index in [0.717, 1.165) is 31.2 Å². The van der Waals surface area contributed by atoms with E-state index >= 15 is 0 Å². The van der Waals surface area contributed by atoms with Gasteiger partial charge in [-0.15, -0.1) is 0 Å². The molecule has 2 saturated carbocycles. The van der Waals surface area contributed by atoms with Crippen molar-refractivity contribution in [2.24, 2.45) is 17.3 Å². The van der Waals surface area contributed by atoms with Crippen LogP contribution < -0.4 is 4.74 Å². The third-order valence-corrected chi connectivity index (χ3v) is 6.35. The first-order valence-corrected chi connectivity index (χ1v) is 9.24. The van der Waals surface area contributed by atoms with Crippen LogP contribution in [0.25, 0.3) is 0 Å². The van der Waals surface area contributed by atoms with Crippen molar-refractivity contribution in [1.82, 2.24) is 0 Å². The van der Waals surface area contributed by atoms with E-state index in [9.17, 15) is 14.7 Å². The summed E-state index contributed by atoms with van der Waals surface area (Å²) in [7, 11) is 0. The zero-order valence-corrected chi connectivity index (χ0v) is 14.4. The molecule has 0 aromatic heterocycles. The third kappa shape index (κ3) is 2.25. The van der Waals surface area contributed by atoms with Gasteiger partial charge in [-0.3, -0.25) is 9.59 Å². The largest absolute Gasteiger partial charge is 0.465 e. The van der Waals surface area contributed by atoms with Gasteiger partial charge >= 0.3 is 5.97 Å². The van der Waals surface area contributed by atoms with Crippen LogP contribution in [0, 0.1) is 17.3 Å². The molecule has 5 heteroatoms. The Labute approximate surface area is 147 Å². The molecule has 1 N–H and O–H groups in total. The average Bonchev–Trinajstić information content (AvgIpc) is 2.62. The van der Waals surface area contributed by atoms with Crippen molar-refractivity contribution in [3.05, 3.63) is 29.8 Å². The number of ketones is 1. The second-order valence-electron chi connectivity index (χ2n) is 7.38. The molecule has 3 aliphatic rings. The summed E-state index contributed by atoms with van der Waals surface area (Å²) in [5.41, 5.74) is -0.359. The summed E-state index contributed by atoms with van der Waals surface area (Å²) in [6.45, 7) is 2.01. The average molecular weight is 344 g/mol. The summed E-state index contributed by atoms with van der Waals surface area (Å²) >= 11 is 0. The lowest BCUT2D eigenvalue weighted by molar-refractivity contribution is -0.216. The maximum atomic E-state index is 13.2. The zero-order valence-electron chi connectivity index (χ0n) is 14.4. The Kier molecular flexibility index (Phi) is 4.07. The number of benzene rings is 1. The summed E-state index contributed by atoms with van der Waals surface area (Å²) < 4.78 is 11.2. The number of hydrogen-bond acceptors (Lipinski definition) is 5. The Balaban J connectivity index is 1.90. The molecule has 2 fully saturated rings. The smallest absolute Gasteiger partial charge is 0.319 e. The molecule has 5 atom stereocenters. The minimum Gasteiger partial charge on any atom is -0.465 e. The number of hydrogen-bond donors (Lipinski definition) is 1. The molecule has 0 bridgehead atoms. The number of carbonyl (C=O) groups is 2. The lowest BCUT2D eigenvalue weighted by Gasteiger charge is -2.55. The number of para-hydroxylation sites is 1. The predicted octanol–water partition coefficient (Wildman–Crippen LogP) is 2.81. The van der Waals surface area contributed by atoms with E-state index in [4.69, 9.17) is 9.47 Å². The van der Waals surface area contributed by atoms with Gasteiger partial charge in [-0.05, 0) is 37.3 Å². The van der Waals surface area contributed by atoms with E-state index in [2.05, 4.69) is 0 Å². The van der Waals surface area contributed by atoms with Crippen LogP contribution in [0.15, 0.2) is 24.3 Å². The second kappa shape index (κ2) is 6.13. The van der Waals surface area contributed by atoms with E-state index in [1.165, 1.54) is 0 Å². The number of ether oxygens (including phenoxy) is 2. The van der Waals surface area contributed by atoms with Gasteiger partial charge in [-0.1, -0.05) is 31.0 Å². The van der Waals surface area contributed by atoms with E-state index in [0.29, 0.717) is 5.75 Å². The van der Waals surface area contributed by atoms with E-state index in [-0.39, 0.29) is 30.6 Å². The topological polar surface area (TPSA) is 72.8 Å². The first kappa shape index (κ1) is 16.6. The van der Waals surface area contributed by atoms with Gasteiger partial charge in [0.25, 0.3) is 0 Å². The summed E-state index contributed by atoms with van der Waals surface area (Å²) in [4.78, 5) is 26.0. The Bertz CT molecular complexity index is 699. The number of esters is 1. The predicted molar refractivity (Wildman–Crippen MR) is 90.0 cm³/mol. The minimum atomic E-state index is -1.29. The van der Waals surface area contributed by atoms with Crippen LogP contribution in [-0.4, -0.2) is 29.8 Å². The highest BCUT2D eigenvalue weighted by molar-refractivity contribution is 5.90. The van der Waals surface area contributed by atoms with E-state index < -0.39 is 23.6 Å². The standard InChI is InChI=1S/C20H24O5/c1-2-24-18(22)20-14-9-5-3-7-12(14)16(21)11-15(20)13-8-4-6-10-17(13)25-19(20)23/h4,6,8,10,12,14-15,19,23H,2-3,5,7,9,11H2,1H3. The Morgan fingerprint density at radius 1 is 1.32 bits per heavy atom. The highest BCUT2D eigenvalue weighted by atomic mass is 16.6. The monoisotopic (exact) mass is 344 g/mol. The summed E-state index contributed by atoms with van der Waals surface area (Å²) in [6.07, 6.45) is 2.45. The van der Waals surface area contributed by atoms with Crippen molar-refractivity contribution >= 4 is 11.8 Å². The lowest BCUT2D eigenvalue weighted by Crippen LogP contribution is -2.63. The number of fused-ring (bicyclic) bond motifs is 5. The van der Waals surface area contributed by atoms with Crippen LogP contribution in [0.1, 0.15) is 50.5 Å². The molecule has 0 radical (unpaired) electrons. The van der Waals surface area contributed by atoms with Gasteiger partial charge in [0.1, 0.15) is 16.9 Å². The molecule has 1 aromatic rings. The van der Waals surface area contributed by atoms with Crippen LogP contribution in [0.5, 0.6) is 5.75 Å². The Hall–Kier alpha value is -1.88. The molecule has 0 spiro atoms. The molecule has 5 unspecified atom stereocenters. The first-order chi connectivity index (χ1) is 12.1. The molecule has 5 nitrogen and oxygen atoms in total. The van der Waals surface area contributed by atoms with Crippen LogP contribution in [0.3, 0.4) is 0 Å². The summed E-state index contributed by atoms with van der Waals surface area (Å²) in [5, 5.41) is 11.0. The molecule has 0 saturated heterocycles. The van der Waals surface area contributed by atoms with Crippen LogP contribution in [-0.2, 0) is 14.3 Å².